The highest BCUT2D eigenvalue weighted by molar-refractivity contribution is 5.74. The van der Waals surface area contributed by atoms with E-state index < -0.39 is 0 Å². The fraction of sp³-hybridized carbons (Fsp3) is 0.438. The van der Waals surface area contributed by atoms with Crippen LogP contribution in [0.1, 0.15) is 18.4 Å². The first kappa shape index (κ1) is 14.1. The Bertz CT molecular complexity index is 518. The highest BCUT2D eigenvalue weighted by Gasteiger charge is 2.17. The van der Waals surface area contributed by atoms with Crippen LogP contribution in [0.15, 0.2) is 35.5 Å². The fourth-order valence-corrected chi connectivity index (χ4v) is 2.70. The number of nitrogens with one attached hydrogen (secondary N) is 2. The van der Waals surface area contributed by atoms with E-state index in [1.807, 2.05) is 24.7 Å². The predicted molar refractivity (Wildman–Crippen MR) is 85.2 cm³/mol. The molecule has 0 saturated carbocycles. The summed E-state index contributed by atoms with van der Waals surface area (Å²) in [6, 6.07) is 8.66. The van der Waals surface area contributed by atoms with Crippen LogP contribution in [0.5, 0.6) is 5.75 Å². The second-order valence-corrected chi connectivity index (χ2v) is 5.43. The molecule has 1 saturated heterocycles. The first-order valence-corrected chi connectivity index (χ1v) is 7.45. The number of rotatable bonds is 4. The molecule has 2 N–H and O–H groups in total. The molecule has 2 heterocycles. The largest absolute Gasteiger partial charge is 0.497 e. The summed E-state index contributed by atoms with van der Waals surface area (Å²) in [5.74, 6) is 0.878. The minimum absolute atomic E-state index is 0.535. The van der Waals surface area contributed by atoms with E-state index in [0.29, 0.717) is 6.04 Å². The molecule has 0 spiro atoms. The van der Waals surface area contributed by atoms with Crippen molar-refractivity contribution in [3.05, 3.63) is 36.0 Å². The second-order valence-electron chi connectivity index (χ2n) is 5.43. The normalized spacial score (nSPS) is 19.5. The Morgan fingerprint density at radius 2 is 2.00 bits per heavy atom. The van der Waals surface area contributed by atoms with E-state index in [-0.39, 0.29) is 0 Å². The van der Waals surface area contributed by atoms with Crippen LogP contribution in [-0.2, 0) is 0 Å². The molecular weight excluding hydrogens is 264 g/mol. The standard InChI is InChI=1S/C16H22N4O/c1-21-16-4-2-13(3-5-16)14-10-18-12-20(11-14)19-15-6-8-17-9-7-15/h2-5,10,12,15,17,19H,6-9,11H2,1H3. The fourth-order valence-electron chi connectivity index (χ4n) is 2.70. The van der Waals surface area contributed by atoms with Crippen LogP contribution in [0, 0.1) is 0 Å². The lowest BCUT2D eigenvalue weighted by molar-refractivity contribution is 0.250. The van der Waals surface area contributed by atoms with E-state index in [9.17, 15) is 0 Å². The highest BCUT2D eigenvalue weighted by Crippen LogP contribution is 2.21. The van der Waals surface area contributed by atoms with E-state index in [1.165, 1.54) is 11.1 Å². The second kappa shape index (κ2) is 6.74. The van der Waals surface area contributed by atoms with Gasteiger partial charge in [-0.15, -0.1) is 0 Å². The lowest BCUT2D eigenvalue weighted by Gasteiger charge is -2.31. The molecule has 1 fully saturated rings. The van der Waals surface area contributed by atoms with Gasteiger partial charge >= 0.3 is 0 Å². The number of hydrazine groups is 1. The van der Waals surface area contributed by atoms with Crippen molar-refractivity contribution >= 4 is 11.9 Å². The van der Waals surface area contributed by atoms with Crippen molar-refractivity contribution in [2.24, 2.45) is 4.99 Å². The molecule has 0 amide bonds. The van der Waals surface area contributed by atoms with E-state index in [2.05, 4.69) is 32.9 Å². The number of hydrogen-bond acceptors (Lipinski definition) is 5. The van der Waals surface area contributed by atoms with Gasteiger partial charge in [-0.05, 0) is 49.2 Å². The number of methoxy groups -OCH3 is 1. The predicted octanol–water partition coefficient (Wildman–Crippen LogP) is 1.64. The summed E-state index contributed by atoms with van der Waals surface area (Å²) in [4.78, 5) is 4.35. The molecule has 21 heavy (non-hydrogen) atoms. The van der Waals surface area contributed by atoms with Crippen molar-refractivity contribution in [3.8, 4) is 5.75 Å². The van der Waals surface area contributed by atoms with Crippen LogP contribution in [0.4, 0.5) is 0 Å². The zero-order valence-corrected chi connectivity index (χ0v) is 12.4. The van der Waals surface area contributed by atoms with Crippen molar-refractivity contribution in [2.75, 3.05) is 26.7 Å². The molecule has 1 aromatic rings. The van der Waals surface area contributed by atoms with E-state index in [1.54, 1.807) is 7.11 Å². The number of benzene rings is 1. The van der Waals surface area contributed by atoms with Gasteiger partial charge in [-0.3, -0.25) is 5.01 Å². The van der Waals surface area contributed by atoms with Crippen molar-refractivity contribution in [3.63, 3.8) is 0 Å². The highest BCUT2D eigenvalue weighted by atomic mass is 16.5. The van der Waals surface area contributed by atoms with Gasteiger partial charge in [0.15, 0.2) is 0 Å². The third-order valence-electron chi connectivity index (χ3n) is 3.93. The maximum Gasteiger partial charge on any atom is 0.118 e. The topological polar surface area (TPSA) is 48.9 Å². The van der Waals surface area contributed by atoms with Gasteiger partial charge in [0.25, 0.3) is 0 Å². The lowest BCUT2D eigenvalue weighted by atomic mass is 10.1. The average Bonchev–Trinajstić information content (AvgIpc) is 2.56. The van der Waals surface area contributed by atoms with Gasteiger partial charge in [0.2, 0.25) is 0 Å². The maximum absolute atomic E-state index is 5.20. The third kappa shape index (κ3) is 3.62. The summed E-state index contributed by atoms with van der Waals surface area (Å²) in [7, 11) is 1.68. The first-order chi connectivity index (χ1) is 10.3. The molecule has 0 atom stereocenters. The average molecular weight is 286 g/mol. The van der Waals surface area contributed by atoms with E-state index in [0.717, 1.165) is 38.2 Å². The summed E-state index contributed by atoms with van der Waals surface area (Å²) in [6.07, 6.45) is 6.12. The van der Waals surface area contributed by atoms with Crippen LogP contribution in [-0.4, -0.2) is 44.1 Å². The van der Waals surface area contributed by atoms with Crippen molar-refractivity contribution in [2.45, 2.75) is 18.9 Å². The molecule has 2 aliphatic heterocycles. The van der Waals surface area contributed by atoms with Crippen LogP contribution in [0.3, 0.4) is 0 Å². The number of aliphatic imine (C=N–C) groups is 1. The van der Waals surface area contributed by atoms with Crippen molar-refractivity contribution < 1.29 is 4.74 Å². The van der Waals surface area contributed by atoms with Gasteiger partial charge in [0.1, 0.15) is 12.1 Å². The molecule has 2 aliphatic rings. The van der Waals surface area contributed by atoms with Gasteiger partial charge < -0.3 is 10.1 Å². The molecule has 0 aliphatic carbocycles. The number of nitrogens with zero attached hydrogens (tertiary/aromatic N) is 2. The number of hydrogen-bond donors (Lipinski definition) is 2. The zero-order chi connectivity index (χ0) is 14.5. The number of piperidine rings is 1. The molecule has 0 bridgehead atoms. The van der Waals surface area contributed by atoms with Crippen LogP contribution < -0.4 is 15.5 Å². The van der Waals surface area contributed by atoms with Gasteiger partial charge in [-0.1, -0.05) is 12.1 Å². The molecule has 3 rings (SSSR count). The van der Waals surface area contributed by atoms with Gasteiger partial charge in [-0.2, -0.15) is 0 Å². The summed E-state index contributed by atoms with van der Waals surface area (Å²) < 4.78 is 5.20. The molecular formula is C16H22N4O. The summed E-state index contributed by atoms with van der Waals surface area (Å²) >= 11 is 0. The Balaban J connectivity index is 1.62. The van der Waals surface area contributed by atoms with Crippen LogP contribution in [0.25, 0.3) is 5.57 Å². The monoisotopic (exact) mass is 286 g/mol. The van der Waals surface area contributed by atoms with Gasteiger partial charge in [-0.25, -0.2) is 10.4 Å². The van der Waals surface area contributed by atoms with E-state index >= 15 is 0 Å². The molecule has 5 heteroatoms. The maximum atomic E-state index is 5.20. The molecule has 0 radical (unpaired) electrons. The van der Waals surface area contributed by atoms with Crippen molar-refractivity contribution in [1.82, 2.24) is 15.8 Å². The smallest absolute Gasteiger partial charge is 0.118 e. The molecule has 112 valence electrons. The zero-order valence-electron chi connectivity index (χ0n) is 12.4. The van der Waals surface area contributed by atoms with Crippen LogP contribution >= 0.6 is 0 Å². The first-order valence-electron chi connectivity index (χ1n) is 7.45. The molecule has 1 aromatic carbocycles. The summed E-state index contributed by atoms with van der Waals surface area (Å²) in [6.45, 7) is 3.01. The summed E-state index contributed by atoms with van der Waals surface area (Å²) in [5.41, 5.74) is 5.95. The molecule has 0 aromatic heterocycles. The quantitative estimate of drug-likeness (QED) is 0.883. The SMILES string of the molecule is COc1ccc(C2=CN=CN(NC3CCNCC3)C2)cc1. The Morgan fingerprint density at radius 1 is 1.24 bits per heavy atom. The lowest BCUT2D eigenvalue weighted by Crippen LogP contribution is -2.49. The molecule has 0 unspecified atom stereocenters. The Labute approximate surface area is 125 Å². The van der Waals surface area contributed by atoms with Crippen LogP contribution in [0.2, 0.25) is 0 Å². The third-order valence-corrected chi connectivity index (χ3v) is 3.93. The number of ether oxygens (including phenoxy) is 1. The molecule has 5 nitrogen and oxygen atoms in total. The van der Waals surface area contributed by atoms with Gasteiger partial charge in [0.05, 0.1) is 13.7 Å². The van der Waals surface area contributed by atoms with E-state index in [4.69, 9.17) is 4.74 Å². The Morgan fingerprint density at radius 3 is 2.71 bits per heavy atom. The van der Waals surface area contributed by atoms with Gasteiger partial charge in [0, 0.05) is 12.2 Å². The van der Waals surface area contributed by atoms with Crippen molar-refractivity contribution in [1.29, 1.82) is 0 Å². The minimum atomic E-state index is 0.535. The minimum Gasteiger partial charge on any atom is -0.497 e. The Hall–Kier alpha value is -1.85. The Kier molecular flexibility index (Phi) is 4.52. The summed E-state index contributed by atoms with van der Waals surface area (Å²) in [5, 5.41) is 5.47.